The van der Waals surface area contributed by atoms with Gasteiger partial charge < -0.3 is 0 Å². The maximum atomic E-state index is 4.82. The summed E-state index contributed by atoms with van der Waals surface area (Å²) in [6.07, 6.45) is 3.95. The van der Waals surface area contributed by atoms with Crippen molar-refractivity contribution < 1.29 is 0 Å². The van der Waals surface area contributed by atoms with Crippen LogP contribution in [-0.2, 0) is 5.41 Å². The number of aryl methyl sites for hydroxylation is 1. The largest absolute Gasteiger partial charge is 0.300 e. The summed E-state index contributed by atoms with van der Waals surface area (Å²) in [5.74, 6) is 0.962. The topological polar surface area (TPSA) is 17.8 Å². The van der Waals surface area contributed by atoms with Crippen LogP contribution in [0.15, 0.2) is 116 Å². The van der Waals surface area contributed by atoms with E-state index in [4.69, 9.17) is 4.98 Å². The summed E-state index contributed by atoms with van der Waals surface area (Å²) in [7, 11) is 0. The molecule has 0 unspecified atom stereocenters. The molecule has 0 saturated heterocycles. The summed E-state index contributed by atoms with van der Waals surface area (Å²) < 4.78 is 2.19. The van der Waals surface area contributed by atoms with Crippen LogP contribution in [0.2, 0.25) is 0 Å². The molecule has 0 aliphatic heterocycles. The lowest BCUT2D eigenvalue weighted by molar-refractivity contribution is 0.661. The number of aromatic nitrogens is 2. The lowest BCUT2D eigenvalue weighted by Crippen LogP contribution is -2.14. The van der Waals surface area contributed by atoms with Gasteiger partial charge in [0.05, 0.1) is 0 Å². The molecule has 1 aliphatic carbocycles. The lowest BCUT2D eigenvalue weighted by atomic mass is 9.81. The number of benzene rings is 6. The molecule has 0 saturated carbocycles. The van der Waals surface area contributed by atoms with Gasteiger partial charge in [-0.25, -0.2) is 4.98 Å². The minimum Gasteiger partial charge on any atom is -0.300 e. The van der Waals surface area contributed by atoms with Crippen molar-refractivity contribution in [2.45, 2.75) is 26.2 Å². The number of imidazole rings is 1. The van der Waals surface area contributed by atoms with Gasteiger partial charge in [0.25, 0.3) is 0 Å². The Bertz CT molecular complexity index is 2060. The van der Waals surface area contributed by atoms with E-state index in [1.165, 1.54) is 60.1 Å². The molecular weight excluding hydrogens is 472 g/mol. The first-order valence-corrected chi connectivity index (χ1v) is 13.6. The molecule has 1 aliphatic rings. The highest BCUT2D eigenvalue weighted by Gasteiger charge is 2.37. The van der Waals surface area contributed by atoms with Crippen molar-refractivity contribution in [1.82, 2.24) is 9.55 Å². The average molecular weight is 501 g/mol. The van der Waals surface area contributed by atoms with Crippen LogP contribution < -0.4 is 0 Å². The zero-order chi connectivity index (χ0) is 26.3. The van der Waals surface area contributed by atoms with Gasteiger partial charge >= 0.3 is 0 Å². The monoisotopic (exact) mass is 500 g/mol. The van der Waals surface area contributed by atoms with Gasteiger partial charge in [-0.15, -0.1) is 0 Å². The Morgan fingerprint density at radius 3 is 1.97 bits per heavy atom. The molecule has 0 atom stereocenters. The van der Waals surface area contributed by atoms with Gasteiger partial charge in [-0.2, -0.15) is 0 Å². The van der Waals surface area contributed by atoms with E-state index in [1.807, 2.05) is 6.20 Å². The predicted octanol–water partition coefficient (Wildman–Crippen LogP) is 9.61. The van der Waals surface area contributed by atoms with Gasteiger partial charge in [-0.05, 0) is 79.7 Å². The molecule has 2 heteroatoms. The first-order chi connectivity index (χ1) is 19.0. The third-order valence-electron chi connectivity index (χ3n) is 8.76. The minimum atomic E-state index is -0.0868. The van der Waals surface area contributed by atoms with E-state index in [-0.39, 0.29) is 5.41 Å². The molecule has 6 aromatic carbocycles. The van der Waals surface area contributed by atoms with Gasteiger partial charge in [-0.1, -0.05) is 104 Å². The summed E-state index contributed by atoms with van der Waals surface area (Å²) in [6.45, 7) is 6.84. The standard InChI is InChI=1S/C37H28N2/c1-23-12-15-25(16-13-23)39-21-20-38-36(39)24-14-18-32-31(22-24)35-33(37(32,2)3)19-17-30-28-10-5-4-8-26(28)27-9-6-7-11-29(27)34(30)35/h4-22H,1-3H3. The third kappa shape index (κ3) is 3.06. The molecule has 0 radical (unpaired) electrons. The zero-order valence-corrected chi connectivity index (χ0v) is 22.4. The maximum Gasteiger partial charge on any atom is 0.144 e. The number of fused-ring (bicyclic) bond motifs is 10. The van der Waals surface area contributed by atoms with Gasteiger partial charge in [0.1, 0.15) is 5.82 Å². The average Bonchev–Trinajstić information content (AvgIpc) is 3.54. The van der Waals surface area contributed by atoms with E-state index in [1.54, 1.807) is 0 Å². The molecule has 0 bridgehead atoms. The van der Waals surface area contributed by atoms with Crippen molar-refractivity contribution in [2.75, 3.05) is 0 Å². The Labute approximate surface area is 228 Å². The molecular formula is C37H28N2. The van der Waals surface area contributed by atoms with Crippen molar-refractivity contribution in [3.05, 3.63) is 132 Å². The van der Waals surface area contributed by atoms with Gasteiger partial charge in [0.2, 0.25) is 0 Å². The quantitative estimate of drug-likeness (QED) is 0.216. The number of nitrogens with zero attached hydrogens (tertiary/aromatic N) is 2. The molecule has 0 amide bonds. The predicted molar refractivity (Wildman–Crippen MR) is 164 cm³/mol. The van der Waals surface area contributed by atoms with Gasteiger partial charge in [-0.3, -0.25) is 4.57 Å². The van der Waals surface area contributed by atoms with Crippen LogP contribution in [0.5, 0.6) is 0 Å². The molecule has 0 N–H and O–H groups in total. The van der Waals surface area contributed by atoms with E-state index in [2.05, 4.69) is 135 Å². The fourth-order valence-corrected chi connectivity index (χ4v) is 6.81. The summed E-state index contributed by atoms with van der Waals surface area (Å²) in [4.78, 5) is 4.82. The fourth-order valence-electron chi connectivity index (χ4n) is 6.81. The maximum absolute atomic E-state index is 4.82. The van der Waals surface area contributed by atoms with E-state index in [0.717, 1.165) is 17.1 Å². The Kier molecular flexibility index (Phi) is 4.52. The fraction of sp³-hybridized carbons (Fsp3) is 0.108. The number of hydrogen-bond acceptors (Lipinski definition) is 1. The summed E-state index contributed by atoms with van der Waals surface area (Å²) in [6, 6.07) is 38.0. The van der Waals surface area contributed by atoms with Crippen molar-refractivity contribution >= 4 is 32.3 Å². The Morgan fingerprint density at radius 1 is 0.641 bits per heavy atom. The van der Waals surface area contributed by atoms with Crippen molar-refractivity contribution in [2.24, 2.45) is 0 Å². The summed E-state index contributed by atoms with van der Waals surface area (Å²) >= 11 is 0. The van der Waals surface area contributed by atoms with Crippen molar-refractivity contribution in [3.63, 3.8) is 0 Å². The van der Waals surface area contributed by atoms with E-state index < -0.39 is 0 Å². The number of rotatable bonds is 2. The molecule has 1 heterocycles. The highest BCUT2D eigenvalue weighted by molar-refractivity contribution is 6.29. The van der Waals surface area contributed by atoms with Crippen LogP contribution in [0.3, 0.4) is 0 Å². The van der Waals surface area contributed by atoms with Crippen LogP contribution >= 0.6 is 0 Å². The van der Waals surface area contributed by atoms with E-state index in [9.17, 15) is 0 Å². The molecule has 2 nitrogen and oxygen atoms in total. The Morgan fingerprint density at radius 2 is 1.26 bits per heavy atom. The second-order valence-electron chi connectivity index (χ2n) is 11.3. The molecule has 0 fully saturated rings. The molecule has 186 valence electrons. The normalized spacial score (nSPS) is 13.7. The SMILES string of the molecule is Cc1ccc(-n2ccnc2-c2ccc3c(c2)-c2c(ccc4c5ccccc5c5ccccc5c24)C3(C)C)cc1. The van der Waals surface area contributed by atoms with Crippen LogP contribution in [0, 0.1) is 6.92 Å². The Hall–Kier alpha value is -4.69. The van der Waals surface area contributed by atoms with Crippen LogP contribution in [-0.4, -0.2) is 9.55 Å². The number of hydrogen-bond donors (Lipinski definition) is 0. The van der Waals surface area contributed by atoms with Gasteiger partial charge in [0.15, 0.2) is 0 Å². The molecule has 0 spiro atoms. The van der Waals surface area contributed by atoms with Crippen molar-refractivity contribution in [3.8, 4) is 28.2 Å². The summed E-state index contributed by atoms with van der Waals surface area (Å²) in [5, 5.41) is 7.92. The zero-order valence-electron chi connectivity index (χ0n) is 22.4. The minimum absolute atomic E-state index is 0.0868. The van der Waals surface area contributed by atoms with Crippen LogP contribution in [0.1, 0.15) is 30.5 Å². The highest BCUT2D eigenvalue weighted by Crippen LogP contribution is 2.54. The lowest BCUT2D eigenvalue weighted by Gasteiger charge is -2.22. The second kappa shape index (κ2) is 7.91. The molecule has 8 rings (SSSR count). The highest BCUT2D eigenvalue weighted by atomic mass is 15.1. The molecule has 7 aromatic rings. The molecule has 1 aromatic heterocycles. The third-order valence-corrected chi connectivity index (χ3v) is 8.76. The second-order valence-corrected chi connectivity index (χ2v) is 11.3. The van der Waals surface area contributed by atoms with Crippen LogP contribution in [0.4, 0.5) is 0 Å². The van der Waals surface area contributed by atoms with E-state index >= 15 is 0 Å². The van der Waals surface area contributed by atoms with E-state index in [0.29, 0.717) is 0 Å². The Balaban J connectivity index is 1.45. The first-order valence-electron chi connectivity index (χ1n) is 13.6. The first kappa shape index (κ1) is 22.3. The van der Waals surface area contributed by atoms with Crippen LogP contribution in [0.25, 0.3) is 60.5 Å². The summed E-state index contributed by atoms with van der Waals surface area (Å²) in [5.41, 5.74) is 8.87. The van der Waals surface area contributed by atoms with Crippen molar-refractivity contribution in [1.29, 1.82) is 0 Å². The smallest absolute Gasteiger partial charge is 0.144 e. The molecule has 39 heavy (non-hydrogen) atoms. The van der Waals surface area contributed by atoms with Gasteiger partial charge in [0, 0.05) is 29.1 Å².